The predicted octanol–water partition coefficient (Wildman–Crippen LogP) is 2.43. The Hall–Kier alpha value is -2.04. The number of carbonyl (C=O) groups is 1. The van der Waals surface area contributed by atoms with E-state index >= 15 is 0 Å². The number of nitrogens with one attached hydrogen (secondary N) is 1. The molecule has 0 atom stereocenters. The van der Waals surface area contributed by atoms with Gasteiger partial charge in [0.1, 0.15) is 5.65 Å². The molecule has 0 radical (unpaired) electrons. The average Bonchev–Trinajstić information content (AvgIpc) is 2.94. The van der Waals surface area contributed by atoms with Gasteiger partial charge in [0.2, 0.25) is 0 Å². The number of amides is 1. The number of rotatable bonds is 3. The van der Waals surface area contributed by atoms with Gasteiger partial charge in [0, 0.05) is 30.9 Å². The number of primary amides is 1. The fourth-order valence-electron chi connectivity index (χ4n) is 3.21. The maximum atomic E-state index is 11.7. The van der Waals surface area contributed by atoms with E-state index in [4.69, 9.17) is 5.73 Å². The average molecular weight is 272 g/mol. The van der Waals surface area contributed by atoms with Gasteiger partial charge in [0.05, 0.1) is 11.3 Å². The first-order chi connectivity index (χ1) is 9.68. The number of aromatic amines is 1. The van der Waals surface area contributed by atoms with Gasteiger partial charge < -0.3 is 15.6 Å². The number of nitrogens with zero attached hydrogens (tertiary/aromatic N) is 2. The topological polar surface area (TPSA) is 75.0 Å². The summed E-state index contributed by atoms with van der Waals surface area (Å²) in [6.45, 7) is 0. The van der Waals surface area contributed by atoms with Gasteiger partial charge >= 0.3 is 0 Å². The van der Waals surface area contributed by atoms with Crippen LogP contribution in [0.15, 0.2) is 18.5 Å². The Bertz CT molecular complexity index is 628. The summed E-state index contributed by atoms with van der Waals surface area (Å²) < 4.78 is 0. The Labute approximate surface area is 118 Å². The van der Waals surface area contributed by atoms with Crippen molar-refractivity contribution in [1.29, 1.82) is 0 Å². The zero-order chi connectivity index (χ0) is 14.1. The van der Waals surface area contributed by atoms with Gasteiger partial charge in [0.25, 0.3) is 5.91 Å². The molecule has 0 aromatic carbocycles. The van der Waals surface area contributed by atoms with Crippen LogP contribution in [0.2, 0.25) is 0 Å². The second kappa shape index (κ2) is 5.15. The molecule has 2 heterocycles. The lowest BCUT2D eigenvalue weighted by molar-refractivity contribution is 0.100. The molecular formula is C15H20N4O. The maximum absolute atomic E-state index is 11.7. The van der Waals surface area contributed by atoms with Crippen LogP contribution >= 0.6 is 0 Å². The number of hydrogen-bond acceptors (Lipinski definition) is 3. The second-order valence-electron chi connectivity index (χ2n) is 5.53. The molecule has 1 aliphatic rings. The van der Waals surface area contributed by atoms with Crippen LogP contribution in [0.5, 0.6) is 0 Å². The Morgan fingerprint density at radius 3 is 2.85 bits per heavy atom. The second-order valence-corrected chi connectivity index (χ2v) is 5.53. The Morgan fingerprint density at radius 1 is 1.40 bits per heavy atom. The molecule has 0 spiro atoms. The first-order valence-corrected chi connectivity index (χ1v) is 7.17. The zero-order valence-corrected chi connectivity index (χ0v) is 11.7. The SMILES string of the molecule is CN(c1c(C(N)=O)cnc2[nH]ccc12)C1CCCCC1. The van der Waals surface area contributed by atoms with Gasteiger partial charge in [-0.1, -0.05) is 19.3 Å². The Balaban J connectivity index is 2.09. The summed E-state index contributed by atoms with van der Waals surface area (Å²) in [6, 6.07) is 2.44. The highest BCUT2D eigenvalue weighted by Gasteiger charge is 2.24. The molecule has 1 saturated carbocycles. The molecule has 5 nitrogen and oxygen atoms in total. The third-order valence-corrected chi connectivity index (χ3v) is 4.30. The predicted molar refractivity (Wildman–Crippen MR) is 79.9 cm³/mol. The van der Waals surface area contributed by atoms with Crippen molar-refractivity contribution in [3.63, 3.8) is 0 Å². The molecule has 1 amide bonds. The van der Waals surface area contributed by atoms with Gasteiger partial charge in [-0.15, -0.1) is 0 Å². The molecule has 106 valence electrons. The molecule has 1 aliphatic carbocycles. The molecule has 3 rings (SSSR count). The van der Waals surface area contributed by atoms with E-state index in [0.717, 1.165) is 16.7 Å². The van der Waals surface area contributed by atoms with Crippen molar-refractivity contribution in [2.45, 2.75) is 38.1 Å². The van der Waals surface area contributed by atoms with Gasteiger partial charge in [-0.25, -0.2) is 4.98 Å². The van der Waals surface area contributed by atoms with Crippen molar-refractivity contribution in [2.75, 3.05) is 11.9 Å². The van der Waals surface area contributed by atoms with Gasteiger partial charge in [-0.2, -0.15) is 0 Å². The van der Waals surface area contributed by atoms with Crippen molar-refractivity contribution in [2.24, 2.45) is 5.73 Å². The normalized spacial score (nSPS) is 16.4. The summed E-state index contributed by atoms with van der Waals surface area (Å²) in [4.78, 5) is 21.3. The van der Waals surface area contributed by atoms with E-state index < -0.39 is 5.91 Å². The van der Waals surface area contributed by atoms with Crippen LogP contribution < -0.4 is 10.6 Å². The van der Waals surface area contributed by atoms with Crippen LogP contribution in [0, 0.1) is 0 Å². The first-order valence-electron chi connectivity index (χ1n) is 7.17. The maximum Gasteiger partial charge on any atom is 0.252 e. The number of nitrogens with two attached hydrogens (primary N) is 1. The van der Waals surface area contributed by atoms with Crippen LogP contribution in [0.1, 0.15) is 42.5 Å². The van der Waals surface area contributed by atoms with Crippen molar-refractivity contribution < 1.29 is 4.79 Å². The summed E-state index contributed by atoms with van der Waals surface area (Å²) in [7, 11) is 2.06. The molecule has 0 unspecified atom stereocenters. The molecule has 1 fully saturated rings. The summed E-state index contributed by atoms with van der Waals surface area (Å²) in [6.07, 6.45) is 9.58. The minimum atomic E-state index is -0.418. The molecular weight excluding hydrogens is 252 g/mol. The number of H-pyrrole nitrogens is 1. The molecule has 0 bridgehead atoms. The largest absolute Gasteiger partial charge is 0.370 e. The third-order valence-electron chi connectivity index (χ3n) is 4.30. The lowest BCUT2D eigenvalue weighted by Crippen LogP contribution is -2.35. The van der Waals surface area contributed by atoms with Crippen LogP contribution in [-0.4, -0.2) is 29.0 Å². The van der Waals surface area contributed by atoms with Gasteiger partial charge in [-0.3, -0.25) is 4.79 Å². The standard InChI is InChI=1S/C15H20N4O/c1-19(10-5-3-2-4-6-10)13-11-7-8-17-15(11)18-9-12(13)14(16)20/h7-10H,2-6H2,1H3,(H2,16,20)(H,17,18). The number of fused-ring (bicyclic) bond motifs is 1. The quantitative estimate of drug-likeness (QED) is 0.901. The van der Waals surface area contributed by atoms with E-state index in [1.54, 1.807) is 6.20 Å². The van der Waals surface area contributed by atoms with E-state index in [2.05, 4.69) is 21.9 Å². The summed E-state index contributed by atoms with van der Waals surface area (Å²) in [5.74, 6) is -0.418. The van der Waals surface area contributed by atoms with Crippen molar-refractivity contribution >= 4 is 22.6 Å². The fourth-order valence-corrected chi connectivity index (χ4v) is 3.21. The first kappa shape index (κ1) is 13.0. The Morgan fingerprint density at radius 2 is 2.15 bits per heavy atom. The monoisotopic (exact) mass is 272 g/mol. The minimum absolute atomic E-state index is 0.418. The van der Waals surface area contributed by atoms with Crippen molar-refractivity contribution in [1.82, 2.24) is 9.97 Å². The van der Waals surface area contributed by atoms with Gasteiger partial charge in [-0.05, 0) is 18.9 Å². The summed E-state index contributed by atoms with van der Waals surface area (Å²) >= 11 is 0. The highest BCUT2D eigenvalue weighted by atomic mass is 16.1. The number of pyridine rings is 1. The van der Waals surface area contributed by atoms with Gasteiger partial charge in [0.15, 0.2) is 0 Å². The fraction of sp³-hybridized carbons (Fsp3) is 0.467. The zero-order valence-electron chi connectivity index (χ0n) is 11.7. The molecule has 2 aromatic rings. The third kappa shape index (κ3) is 2.13. The molecule has 0 aliphatic heterocycles. The van der Waals surface area contributed by atoms with E-state index in [9.17, 15) is 4.79 Å². The summed E-state index contributed by atoms with van der Waals surface area (Å²) in [5.41, 5.74) is 7.74. The molecule has 20 heavy (non-hydrogen) atoms. The van der Waals surface area contributed by atoms with E-state index in [-0.39, 0.29) is 0 Å². The van der Waals surface area contributed by atoms with E-state index in [0.29, 0.717) is 11.6 Å². The minimum Gasteiger partial charge on any atom is -0.370 e. The molecule has 0 saturated heterocycles. The number of anilines is 1. The number of hydrogen-bond donors (Lipinski definition) is 2. The highest BCUT2D eigenvalue weighted by Crippen LogP contribution is 2.33. The van der Waals surface area contributed by atoms with E-state index in [1.807, 2.05) is 12.3 Å². The highest BCUT2D eigenvalue weighted by molar-refractivity contribution is 6.06. The molecule has 2 aromatic heterocycles. The van der Waals surface area contributed by atoms with Crippen LogP contribution in [-0.2, 0) is 0 Å². The lowest BCUT2D eigenvalue weighted by atomic mass is 9.93. The lowest BCUT2D eigenvalue weighted by Gasteiger charge is -2.34. The molecule has 3 N–H and O–H groups in total. The molecule has 5 heteroatoms. The van der Waals surface area contributed by atoms with Crippen molar-refractivity contribution in [3.8, 4) is 0 Å². The number of carbonyl (C=O) groups excluding carboxylic acids is 1. The van der Waals surface area contributed by atoms with E-state index in [1.165, 1.54) is 32.1 Å². The van der Waals surface area contributed by atoms with Crippen molar-refractivity contribution in [3.05, 3.63) is 24.0 Å². The van der Waals surface area contributed by atoms with Crippen LogP contribution in [0.4, 0.5) is 5.69 Å². The van der Waals surface area contributed by atoms with Crippen LogP contribution in [0.3, 0.4) is 0 Å². The van der Waals surface area contributed by atoms with Crippen LogP contribution in [0.25, 0.3) is 11.0 Å². The smallest absolute Gasteiger partial charge is 0.252 e. The summed E-state index contributed by atoms with van der Waals surface area (Å²) in [5, 5.41) is 0.967. The Kier molecular flexibility index (Phi) is 3.34. The number of aromatic nitrogens is 2.